The van der Waals surface area contributed by atoms with Gasteiger partial charge in [0.1, 0.15) is 6.04 Å². The van der Waals surface area contributed by atoms with Crippen LogP contribution in [0.1, 0.15) is 31.4 Å². The quantitative estimate of drug-likeness (QED) is 0.624. The van der Waals surface area contributed by atoms with Gasteiger partial charge in [0.25, 0.3) is 0 Å². The molecule has 1 rings (SSSR count). The smallest absolute Gasteiger partial charge is 0.326 e. The highest BCUT2D eigenvalue weighted by atomic mass is 79.9. The largest absolute Gasteiger partial charge is 0.480 e. The summed E-state index contributed by atoms with van der Waals surface area (Å²) in [5.74, 6) is -1.74. The van der Waals surface area contributed by atoms with Crippen molar-refractivity contribution >= 4 is 33.7 Å². The first-order chi connectivity index (χ1) is 11.2. The molecule has 0 aliphatic rings. The van der Waals surface area contributed by atoms with Crippen molar-refractivity contribution in [3.63, 3.8) is 0 Å². The molecule has 1 aromatic carbocycles. The zero-order valence-corrected chi connectivity index (χ0v) is 15.6. The Kier molecular flexibility index (Phi) is 7.91. The van der Waals surface area contributed by atoms with E-state index in [1.54, 1.807) is 0 Å². The summed E-state index contributed by atoms with van der Waals surface area (Å²) in [7, 11) is 0. The second-order valence-corrected chi connectivity index (χ2v) is 6.98. The third kappa shape index (κ3) is 7.12. The highest BCUT2D eigenvalue weighted by Crippen LogP contribution is 2.17. The van der Waals surface area contributed by atoms with Crippen molar-refractivity contribution in [2.75, 3.05) is 6.54 Å². The summed E-state index contributed by atoms with van der Waals surface area (Å²) in [6.45, 7) is 5.47. The SMILES string of the molecule is Cc1ccc(CC(=O)NCC(=O)N[C@@H](CC(C)C)C(=O)O)cc1Br. The van der Waals surface area contributed by atoms with Gasteiger partial charge in [-0.1, -0.05) is 41.9 Å². The third-order valence-corrected chi connectivity index (χ3v) is 4.24. The number of carboxylic acid groups (broad SMARTS) is 1. The number of aliphatic carboxylic acids is 1. The van der Waals surface area contributed by atoms with Gasteiger partial charge in [-0.15, -0.1) is 0 Å². The molecule has 0 bridgehead atoms. The van der Waals surface area contributed by atoms with Crippen LogP contribution >= 0.6 is 15.9 Å². The number of carboxylic acids is 1. The molecule has 3 N–H and O–H groups in total. The topological polar surface area (TPSA) is 95.5 Å². The number of aryl methyl sites for hydroxylation is 1. The fourth-order valence-electron chi connectivity index (χ4n) is 2.11. The van der Waals surface area contributed by atoms with Gasteiger partial charge < -0.3 is 15.7 Å². The van der Waals surface area contributed by atoms with Gasteiger partial charge >= 0.3 is 5.97 Å². The zero-order chi connectivity index (χ0) is 18.3. The molecule has 2 amide bonds. The van der Waals surface area contributed by atoms with E-state index in [0.29, 0.717) is 6.42 Å². The maximum atomic E-state index is 11.9. The van der Waals surface area contributed by atoms with Crippen molar-refractivity contribution in [1.82, 2.24) is 10.6 Å². The molecule has 0 unspecified atom stereocenters. The lowest BCUT2D eigenvalue weighted by Gasteiger charge is -2.16. The molecule has 1 atom stereocenters. The van der Waals surface area contributed by atoms with Crippen LogP contribution in [0.4, 0.5) is 0 Å². The predicted octanol–water partition coefficient (Wildman–Crippen LogP) is 2.03. The Hall–Kier alpha value is -1.89. The first kappa shape index (κ1) is 20.2. The second-order valence-electron chi connectivity index (χ2n) is 6.12. The van der Waals surface area contributed by atoms with Gasteiger partial charge in [0.15, 0.2) is 0 Å². The predicted molar refractivity (Wildman–Crippen MR) is 94.6 cm³/mol. The van der Waals surface area contributed by atoms with Crippen LogP contribution in [0.3, 0.4) is 0 Å². The summed E-state index contributed by atoms with van der Waals surface area (Å²) >= 11 is 3.41. The molecule has 0 heterocycles. The monoisotopic (exact) mass is 398 g/mol. The molecule has 0 aliphatic heterocycles. The summed E-state index contributed by atoms with van der Waals surface area (Å²) in [5.41, 5.74) is 1.90. The Labute approximate surface area is 150 Å². The number of hydrogen-bond acceptors (Lipinski definition) is 3. The Morgan fingerprint density at radius 1 is 1.21 bits per heavy atom. The molecule has 6 nitrogen and oxygen atoms in total. The standard InChI is InChI=1S/C17H23BrN2O4/c1-10(2)6-14(17(23)24)20-16(22)9-19-15(21)8-12-5-4-11(3)13(18)7-12/h4-5,7,10,14H,6,8-9H2,1-3H3,(H,19,21)(H,20,22)(H,23,24)/t14-/m0/s1. The first-order valence-corrected chi connectivity index (χ1v) is 8.52. The fraction of sp³-hybridized carbons (Fsp3) is 0.471. The molecule has 0 aromatic heterocycles. The zero-order valence-electron chi connectivity index (χ0n) is 14.1. The summed E-state index contributed by atoms with van der Waals surface area (Å²) in [4.78, 5) is 34.8. The summed E-state index contributed by atoms with van der Waals surface area (Å²) in [6.07, 6.45) is 0.493. The number of carbonyl (C=O) groups is 3. The van der Waals surface area contributed by atoms with E-state index in [2.05, 4.69) is 26.6 Å². The van der Waals surface area contributed by atoms with E-state index in [1.807, 2.05) is 39.0 Å². The molecular weight excluding hydrogens is 376 g/mol. The van der Waals surface area contributed by atoms with Crippen LogP contribution in [0.2, 0.25) is 0 Å². The van der Waals surface area contributed by atoms with Crippen molar-refractivity contribution in [3.05, 3.63) is 33.8 Å². The van der Waals surface area contributed by atoms with E-state index in [1.165, 1.54) is 0 Å². The van der Waals surface area contributed by atoms with Gasteiger partial charge in [-0.25, -0.2) is 4.79 Å². The minimum absolute atomic E-state index is 0.140. The molecule has 1 aromatic rings. The van der Waals surface area contributed by atoms with Gasteiger partial charge in [-0.3, -0.25) is 9.59 Å². The Morgan fingerprint density at radius 2 is 1.88 bits per heavy atom. The van der Waals surface area contributed by atoms with E-state index >= 15 is 0 Å². The van der Waals surface area contributed by atoms with E-state index in [9.17, 15) is 14.4 Å². The van der Waals surface area contributed by atoms with Crippen LogP contribution in [0, 0.1) is 12.8 Å². The van der Waals surface area contributed by atoms with E-state index in [0.717, 1.165) is 15.6 Å². The lowest BCUT2D eigenvalue weighted by atomic mass is 10.0. The van der Waals surface area contributed by atoms with Crippen molar-refractivity contribution in [1.29, 1.82) is 0 Å². The van der Waals surface area contributed by atoms with Crippen LogP contribution in [0.15, 0.2) is 22.7 Å². The van der Waals surface area contributed by atoms with Crippen LogP contribution < -0.4 is 10.6 Å². The van der Waals surface area contributed by atoms with Gasteiger partial charge in [0.05, 0.1) is 13.0 Å². The Morgan fingerprint density at radius 3 is 2.42 bits per heavy atom. The molecular formula is C17H23BrN2O4. The molecule has 0 saturated heterocycles. The van der Waals surface area contributed by atoms with Gasteiger partial charge in [0.2, 0.25) is 11.8 Å². The number of benzene rings is 1. The third-order valence-electron chi connectivity index (χ3n) is 3.39. The van der Waals surface area contributed by atoms with E-state index in [4.69, 9.17) is 5.11 Å². The molecule has 0 fully saturated rings. The maximum Gasteiger partial charge on any atom is 0.326 e. The fourth-order valence-corrected chi connectivity index (χ4v) is 2.54. The summed E-state index contributed by atoms with van der Waals surface area (Å²) < 4.78 is 0.920. The van der Waals surface area contributed by atoms with Crippen LogP contribution in [0.25, 0.3) is 0 Å². The van der Waals surface area contributed by atoms with Gasteiger partial charge in [-0.2, -0.15) is 0 Å². The normalized spacial score (nSPS) is 11.9. The number of carbonyl (C=O) groups excluding carboxylic acids is 2. The molecule has 132 valence electrons. The Bertz CT molecular complexity index is 617. The molecule has 0 radical (unpaired) electrons. The minimum atomic E-state index is -1.08. The molecule has 24 heavy (non-hydrogen) atoms. The Balaban J connectivity index is 2.46. The number of amides is 2. The number of halogens is 1. The lowest BCUT2D eigenvalue weighted by Crippen LogP contribution is -2.46. The molecule has 0 spiro atoms. The van der Waals surface area contributed by atoms with Gasteiger partial charge in [-0.05, 0) is 36.5 Å². The second kappa shape index (κ2) is 9.42. The van der Waals surface area contributed by atoms with Crippen molar-refractivity contribution in [3.8, 4) is 0 Å². The average Bonchev–Trinajstić information content (AvgIpc) is 2.48. The summed E-state index contributed by atoms with van der Waals surface area (Å²) in [5, 5.41) is 14.0. The number of nitrogens with one attached hydrogen (secondary N) is 2. The van der Waals surface area contributed by atoms with Crippen LogP contribution in [0.5, 0.6) is 0 Å². The molecule has 0 aliphatic carbocycles. The van der Waals surface area contributed by atoms with Gasteiger partial charge in [0, 0.05) is 4.47 Å². The van der Waals surface area contributed by atoms with E-state index < -0.39 is 17.9 Å². The van der Waals surface area contributed by atoms with Crippen molar-refractivity contribution in [2.45, 2.75) is 39.7 Å². The van der Waals surface area contributed by atoms with Crippen LogP contribution in [-0.4, -0.2) is 35.5 Å². The number of rotatable bonds is 8. The van der Waals surface area contributed by atoms with Crippen LogP contribution in [-0.2, 0) is 20.8 Å². The highest BCUT2D eigenvalue weighted by molar-refractivity contribution is 9.10. The minimum Gasteiger partial charge on any atom is -0.480 e. The lowest BCUT2D eigenvalue weighted by molar-refractivity contribution is -0.142. The highest BCUT2D eigenvalue weighted by Gasteiger charge is 2.21. The molecule has 0 saturated carbocycles. The summed E-state index contributed by atoms with van der Waals surface area (Å²) in [6, 6.07) is 4.67. The van der Waals surface area contributed by atoms with E-state index in [-0.39, 0.29) is 24.8 Å². The molecule has 7 heteroatoms. The van der Waals surface area contributed by atoms with Crippen molar-refractivity contribution in [2.24, 2.45) is 5.92 Å². The first-order valence-electron chi connectivity index (χ1n) is 7.73. The number of hydrogen-bond donors (Lipinski definition) is 3. The average molecular weight is 399 g/mol. The maximum absolute atomic E-state index is 11.9. The van der Waals surface area contributed by atoms with Crippen molar-refractivity contribution < 1.29 is 19.5 Å².